The summed E-state index contributed by atoms with van der Waals surface area (Å²) >= 11 is 0. The molecule has 2 aliphatic heterocycles. The number of para-hydroxylation sites is 1. The number of carbonyl (C=O) groups is 1. The molecule has 0 aromatic heterocycles. The molecule has 4 rings (SSSR count). The fraction of sp³-hybridized carbons (Fsp3) is 0.536. The minimum absolute atomic E-state index is 0.130. The Morgan fingerprint density at radius 1 is 1.06 bits per heavy atom. The molecule has 2 heterocycles. The highest BCUT2D eigenvalue weighted by Gasteiger charge is 2.35. The Labute approximate surface area is 203 Å². The highest BCUT2D eigenvalue weighted by Crippen LogP contribution is 2.30. The SMILES string of the molecule is COC(=O)CC[C@H]1CN(Cc2cc(C)ccc2C)CC[C@H]1N1CCN(c2ccccc2F)CC1. The molecule has 0 amide bonds. The van der Waals surface area contributed by atoms with Crippen LogP contribution in [0.3, 0.4) is 0 Å². The van der Waals surface area contributed by atoms with Crippen molar-refractivity contribution in [2.75, 3.05) is 51.3 Å². The van der Waals surface area contributed by atoms with Crippen LogP contribution in [-0.4, -0.2) is 68.2 Å². The van der Waals surface area contributed by atoms with Gasteiger partial charge in [0.05, 0.1) is 12.8 Å². The number of anilines is 1. The number of nitrogens with zero attached hydrogens (tertiary/aromatic N) is 3. The van der Waals surface area contributed by atoms with E-state index in [2.05, 4.69) is 46.7 Å². The van der Waals surface area contributed by atoms with E-state index in [0.29, 0.717) is 24.1 Å². The maximum absolute atomic E-state index is 14.3. The molecule has 2 fully saturated rings. The van der Waals surface area contributed by atoms with Gasteiger partial charge in [0.25, 0.3) is 0 Å². The Morgan fingerprint density at radius 2 is 1.82 bits per heavy atom. The number of carbonyl (C=O) groups excluding carboxylic acids is 1. The number of ether oxygens (including phenoxy) is 1. The zero-order valence-corrected chi connectivity index (χ0v) is 20.8. The minimum atomic E-state index is -0.147. The topological polar surface area (TPSA) is 36.0 Å². The summed E-state index contributed by atoms with van der Waals surface area (Å²) in [6, 6.07) is 14.2. The van der Waals surface area contributed by atoms with Crippen LogP contribution in [0.15, 0.2) is 42.5 Å². The van der Waals surface area contributed by atoms with Crippen molar-refractivity contribution in [3.63, 3.8) is 0 Å². The van der Waals surface area contributed by atoms with Crippen molar-refractivity contribution in [3.8, 4) is 0 Å². The van der Waals surface area contributed by atoms with Gasteiger partial charge in [-0.25, -0.2) is 4.39 Å². The zero-order valence-electron chi connectivity index (χ0n) is 20.8. The molecule has 2 saturated heterocycles. The summed E-state index contributed by atoms with van der Waals surface area (Å²) in [6.45, 7) is 10.8. The smallest absolute Gasteiger partial charge is 0.305 e. The van der Waals surface area contributed by atoms with Crippen molar-refractivity contribution in [1.29, 1.82) is 0 Å². The van der Waals surface area contributed by atoms with Crippen LogP contribution in [0, 0.1) is 25.6 Å². The fourth-order valence-corrected chi connectivity index (χ4v) is 5.62. The van der Waals surface area contributed by atoms with Crippen LogP contribution in [0.5, 0.6) is 0 Å². The Kier molecular flexibility index (Phi) is 8.22. The summed E-state index contributed by atoms with van der Waals surface area (Å²) in [6.07, 6.45) is 2.40. The number of esters is 1. The molecule has 184 valence electrons. The maximum Gasteiger partial charge on any atom is 0.305 e. The lowest BCUT2D eigenvalue weighted by Crippen LogP contribution is -2.56. The van der Waals surface area contributed by atoms with Gasteiger partial charge < -0.3 is 9.64 Å². The molecule has 0 N–H and O–H groups in total. The number of rotatable bonds is 7. The van der Waals surface area contributed by atoms with E-state index in [4.69, 9.17) is 4.74 Å². The Bertz CT molecular complexity index is 974. The van der Waals surface area contributed by atoms with E-state index in [-0.39, 0.29) is 11.8 Å². The van der Waals surface area contributed by atoms with Gasteiger partial charge in [-0.1, -0.05) is 35.9 Å². The largest absolute Gasteiger partial charge is 0.469 e. The van der Waals surface area contributed by atoms with Crippen molar-refractivity contribution in [3.05, 3.63) is 65.0 Å². The first-order valence-electron chi connectivity index (χ1n) is 12.5. The molecule has 0 spiro atoms. The molecule has 2 aromatic carbocycles. The van der Waals surface area contributed by atoms with Gasteiger partial charge in [-0.05, 0) is 62.4 Å². The van der Waals surface area contributed by atoms with Gasteiger partial charge in [-0.2, -0.15) is 0 Å². The quantitative estimate of drug-likeness (QED) is 0.564. The first-order chi connectivity index (χ1) is 16.4. The van der Waals surface area contributed by atoms with E-state index in [1.807, 2.05) is 12.1 Å². The minimum Gasteiger partial charge on any atom is -0.469 e. The molecule has 0 aliphatic carbocycles. The normalized spacial score (nSPS) is 22.1. The zero-order chi connectivity index (χ0) is 24.1. The van der Waals surface area contributed by atoms with Crippen LogP contribution < -0.4 is 4.90 Å². The molecular formula is C28H38FN3O2. The summed E-state index contributed by atoms with van der Waals surface area (Å²) in [5.74, 6) is 0.138. The number of piperazine rings is 1. The van der Waals surface area contributed by atoms with E-state index in [0.717, 1.165) is 58.7 Å². The lowest BCUT2D eigenvalue weighted by atomic mass is 9.86. The van der Waals surface area contributed by atoms with Gasteiger partial charge in [0.15, 0.2) is 0 Å². The summed E-state index contributed by atoms with van der Waals surface area (Å²) in [5, 5.41) is 0. The highest BCUT2D eigenvalue weighted by molar-refractivity contribution is 5.69. The van der Waals surface area contributed by atoms with Gasteiger partial charge in [0.1, 0.15) is 5.82 Å². The number of hydrogen-bond donors (Lipinski definition) is 0. The average molecular weight is 468 g/mol. The predicted octanol–water partition coefficient (Wildman–Crippen LogP) is 4.41. The van der Waals surface area contributed by atoms with E-state index in [1.165, 1.54) is 29.9 Å². The second-order valence-electron chi connectivity index (χ2n) is 9.87. The molecule has 0 saturated carbocycles. The van der Waals surface area contributed by atoms with Gasteiger partial charge in [-0.15, -0.1) is 0 Å². The number of methoxy groups -OCH3 is 1. The van der Waals surface area contributed by atoms with Gasteiger partial charge in [-0.3, -0.25) is 14.6 Å². The van der Waals surface area contributed by atoms with Gasteiger partial charge in [0.2, 0.25) is 0 Å². The number of aryl methyl sites for hydroxylation is 2. The predicted molar refractivity (Wildman–Crippen MR) is 135 cm³/mol. The van der Waals surface area contributed by atoms with E-state index >= 15 is 0 Å². The molecule has 34 heavy (non-hydrogen) atoms. The van der Waals surface area contributed by atoms with Crippen molar-refractivity contribution in [2.24, 2.45) is 5.92 Å². The Morgan fingerprint density at radius 3 is 2.56 bits per heavy atom. The van der Waals surface area contributed by atoms with Crippen LogP contribution in [0.1, 0.15) is 36.0 Å². The molecule has 2 aromatic rings. The van der Waals surface area contributed by atoms with Crippen molar-refractivity contribution in [2.45, 2.75) is 45.7 Å². The second kappa shape index (κ2) is 11.3. The lowest BCUT2D eigenvalue weighted by Gasteiger charge is -2.47. The van der Waals surface area contributed by atoms with Gasteiger partial charge >= 0.3 is 5.97 Å². The van der Waals surface area contributed by atoms with Crippen LogP contribution in [0.4, 0.5) is 10.1 Å². The van der Waals surface area contributed by atoms with E-state index in [1.54, 1.807) is 6.07 Å². The molecular weight excluding hydrogens is 429 g/mol. The molecule has 2 aliphatic rings. The van der Waals surface area contributed by atoms with Gasteiger partial charge in [0, 0.05) is 51.7 Å². The highest BCUT2D eigenvalue weighted by atomic mass is 19.1. The maximum atomic E-state index is 14.3. The first kappa shape index (κ1) is 24.7. The molecule has 0 unspecified atom stereocenters. The number of piperidine rings is 1. The van der Waals surface area contributed by atoms with Crippen molar-refractivity contribution in [1.82, 2.24) is 9.80 Å². The third-order valence-corrected chi connectivity index (χ3v) is 7.60. The third-order valence-electron chi connectivity index (χ3n) is 7.60. The van der Waals surface area contributed by atoms with Crippen molar-refractivity contribution >= 4 is 11.7 Å². The summed E-state index contributed by atoms with van der Waals surface area (Å²) in [7, 11) is 1.47. The first-order valence-corrected chi connectivity index (χ1v) is 12.5. The summed E-state index contributed by atoms with van der Waals surface area (Å²) in [5.41, 5.74) is 4.73. The molecule has 2 atom stereocenters. The third kappa shape index (κ3) is 5.97. The van der Waals surface area contributed by atoms with E-state index in [9.17, 15) is 9.18 Å². The van der Waals surface area contributed by atoms with Crippen LogP contribution in [0.25, 0.3) is 0 Å². The molecule has 6 heteroatoms. The number of halogens is 1. The molecule has 5 nitrogen and oxygen atoms in total. The van der Waals surface area contributed by atoms with Crippen LogP contribution in [-0.2, 0) is 16.1 Å². The average Bonchev–Trinajstić information content (AvgIpc) is 2.85. The Balaban J connectivity index is 1.41. The fourth-order valence-electron chi connectivity index (χ4n) is 5.62. The number of likely N-dealkylation sites (tertiary alicyclic amines) is 1. The standard InChI is InChI=1S/C28H38FN3O2/c1-21-8-9-22(2)24(18-21)20-30-13-12-26(23(19-30)10-11-28(33)34-3)31-14-16-32(17-15-31)27-7-5-4-6-25(27)29/h4-9,18,23,26H,10-17,19-20H2,1-3H3/t23-,26+/m0/s1. The summed E-state index contributed by atoms with van der Waals surface area (Å²) in [4.78, 5) is 19.2. The monoisotopic (exact) mass is 467 g/mol. The Hall–Kier alpha value is -2.44. The van der Waals surface area contributed by atoms with Crippen molar-refractivity contribution < 1.29 is 13.9 Å². The van der Waals surface area contributed by atoms with E-state index < -0.39 is 0 Å². The second-order valence-corrected chi connectivity index (χ2v) is 9.87. The summed E-state index contributed by atoms with van der Waals surface area (Å²) < 4.78 is 19.2. The molecule has 0 bridgehead atoms. The number of hydrogen-bond acceptors (Lipinski definition) is 5. The lowest BCUT2D eigenvalue weighted by molar-refractivity contribution is -0.141. The molecule has 0 radical (unpaired) electrons. The number of benzene rings is 2. The van der Waals surface area contributed by atoms with Crippen LogP contribution >= 0.6 is 0 Å². The van der Waals surface area contributed by atoms with Crippen LogP contribution in [0.2, 0.25) is 0 Å².